The summed E-state index contributed by atoms with van der Waals surface area (Å²) in [6, 6.07) is 5.39. The Hall–Kier alpha value is -1.95. The third-order valence-electron chi connectivity index (χ3n) is 2.27. The van der Waals surface area contributed by atoms with E-state index in [1.54, 1.807) is 23.5 Å². The van der Waals surface area contributed by atoms with Crippen molar-refractivity contribution in [3.8, 4) is 0 Å². The lowest BCUT2D eigenvalue weighted by Gasteiger charge is -2.05. The van der Waals surface area contributed by atoms with Gasteiger partial charge in [-0.25, -0.2) is 0 Å². The first-order valence-electron chi connectivity index (χ1n) is 5.12. The van der Waals surface area contributed by atoms with Gasteiger partial charge in [0.25, 0.3) is 0 Å². The van der Waals surface area contributed by atoms with Crippen LogP contribution in [0, 0.1) is 10.1 Å². The Morgan fingerprint density at radius 2 is 2.35 bits per heavy atom. The van der Waals surface area contributed by atoms with Crippen molar-refractivity contribution in [1.82, 2.24) is 4.98 Å². The van der Waals surface area contributed by atoms with E-state index in [2.05, 4.69) is 15.7 Å². The molecule has 17 heavy (non-hydrogen) atoms. The monoisotopic (exact) mass is 249 g/mol. The van der Waals surface area contributed by atoms with Crippen LogP contribution in [0.4, 0.5) is 11.5 Å². The zero-order valence-electron chi connectivity index (χ0n) is 9.00. The van der Waals surface area contributed by atoms with E-state index in [0.717, 1.165) is 6.42 Å². The molecule has 2 rings (SSSR count). The summed E-state index contributed by atoms with van der Waals surface area (Å²) >= 11 is 1.65. The fourth-order valence-electron chi connectivity index (χ4n) is 1.46. The average molecular weight is 249 g/mol. The van der Waals surface area contributed by atoms with Crippen molar-refractivity contribution >= 4 is 22.8 Å². The van der Waals surface area contributed by atoms with E-state index >= 15 is 0 Å². The summed E-state index contributed by atoms with van der Waals surface area (Å²) in [5.74, 6) is -0.127. The van der Waals surface area contributed by atoms with E-state index in [-0.39, 0.29) is 5.82 Å². The van der Waals surface area contributed by atoms with Crippen molar-refractivity contribution in [2.75, 3.05) is 11.9 Å². The molecule has 0 fully saturated rings. The van der Waals surface area contributed by atoms with Gasteiger partial charge >= 0.3 is 5.82 Å². The second-order valence-electron chi connectivity index (χ2n) is 3.44. The highest BCUT2D eigenvalue weighted by molar-refractivity contribution is 7.07. The van der Waals surface area contributed by atoms with Crippen LogP contribution in [0.3, 0.4) is 0 Å². The number of nitrogens with zero attached hydrogens (tertiary/aromatic N) is 2. The number of nitrogens with one attached hydrogen (secondary N) is 1. The number of pyridine rings is 1. The van der Waals surface area contributed by atoms with Crippen LogP contribution in [0.5, 0.6) is 0 Å². The molecule has 88 valence electrons. The van der Waals surface area contributed by atoms with Gasteiger partial charge in [0, 0.05) is 6.54 Å². The summed E-state index contributed by atoms with van der Waals surface area (Å²) in [7, 11) is 0. The van der Waals surface area contributed by atoms with Crippen molar-refractivity contribution in [1.29, 1.82) is 0 Å². The van der Waals surface area contributed by atoms with Crippen LogP contribution < -0.4 is 5.32 Å². The summed E-state index contributed by atoms with van der Waals surface area (Å²) in [6.45, 7) is 0.656. The minimum absolute atomic E-state index is 0.127. The minimum Gasteiger partial charge on any atom is -0.378 e. The van der Waals surface area contributed by atoms with E-state index in [1.807, 2.05) is 11.4 Å². The molecular weight excluding hydrogens is 238 g/mol. The highest BCUT2D eigenvalue weighted by Crippen LogP contribution is 2.19. The maximum atomic E-state index is 10.7. The number of hydrogen-bond donors (Lipinski definition) is 1. The number of hydrogen-bond acceptors (Lipinski definition) is 5. The lowest BCUT2D eigenvalue weighted by Crippen LogP contribution is -2.07. The molecule has 2 aromatic heterocycles. The second kappa shape index (κ2) is 5.40. The molecule has 0 atom stereocenters. The number of rotatable bonds is 5. The Balaban J connectivity index is 1.97. The molecule has 5 nitrogen and oxygen atoms in total. The summed E-state index contributed by atoms with van der Waals surface area (Å²) in [5, 5.41) is 17.8. The van der Waals surface area contributed by atoms with Crippen molar-refractivity contribution < 1.29 is 4.92 Å². The van der Waals surface area contributed by atoms with Crippen LogP contribution in [0.1, 0.15) is 5.56 Å². The molecule has 0 amide bonds. The van der Waals surface area contributed by atoms with E-state index in [4.69, 9.17) is 0 Å². The van der Waals surface area contributed by atoms with Gasteiger partial charge in [0.15, 0.2) is 0 Å². The van der Waals surface area contributed by atoms with Gasteiger partial charge in [-0.2, -0.15) is 11.3 Å². The van der Waals surface area contributed by atoms with E-state index in [9.17, 15) is 10.1 Å². The smallest absolute Gasteiger partial charge is 0.378 e. The molecule has 2 heterocycles. The van der Waals surface area contributed by atoms with Gasteiger partial charge in [-0.1, -0.05) is 0 Å². The van der Waals surface area contributed by atoms with Gasteiger partial charge < -0.3 is 15.4 Å². The first kappa shape index (κ1) is 11.5. The largest absolute Gasteiger partial charge is 0.386 e. The lowest BCUT2D eigenvalue weighted by atomic mass is 10.2. The minimum atomic E-state index is -0.479. The normalized spacial score (nSPS) is 10.1. The lowest BCUT2D eigenvalue weighted by molar-refractivity contribution is -0.388. The van der Waals surface area contributed by atoms with Gasteiger partial charge in [0.1, 0.15) is 11.9 Å². The molecule has 0 aromatic carbocycles. The third kappa shape index (κ3) is 3.01. The molecule has 2 aromatic rings. The molecule has 0 unspecified atom stereocenters. The molecule has 1 N–H and O–H groups in total. The Morgan fingerprint density at radius 1 is 1.47 bits per heavy atom. The summed E-state index contributed by atoms with van der Waals surface area (Å²) in [5.41, 5.74) is 1.70. The molecule has 0 saturated carbocycles. The zero-order valence-corrected chi connectivity index (χ0v) is 9.81. The van der Waals surface area contributed by atoms with Crippen molar-refractivity contribution in [3.05, 3.63) is 50.8 Å². The first-order valence-corrected chi connectivity index (χ1v) is 6.06. The summed E-state index contributed by atoms with van der Waals surface area (Å²) in [6.07, 6.45) is 2.26. The molecule has 0 aliphatic carbocycles. The molecule has 0 aliphatic rings. The number of nitro groups is 1. The van der Waals surface area contributed by atoms with E-state index in [1.165, 1.54) is 11.8 Å². The van der Waals surface area contributed by atoms with E-state index < -0.39 is 4.92 Å². The number of aromatic nitrogens is 1. The molecule has 0 saturated heterocycles. The fourth-order valence-corrected chi connectivity index (χ4v) is 2.16. The topological polar surface area (TPSA) is 68.1 Å². The highest BCUT2D eigenvalue weighted by atomic mass is 32.1. The van der Waals surface area contributed by atoms with Crippen molar-refractivity contribution in [2.45, 2.75) is 6.42 Å². The maximum absolute atomic E-state index is 10.7. The molecule has 0 bridgehead atoms. The van der Waals surface area contributed by atoms with E-state index in [0.29, 0.717) is 12.2 Å². The first-order chi connectivity index (χ1) is 8.27. The van der Waals surface area contributed by atoms with Crippen molar-refractivity contribution in [3.63, 3.8) is 0 Å². The van der Waals surface area contributed by atoms with Crippen LogP contribution >= 0.6 is 11.3 Å². The van der Waals surface area contributed by atoms with Gasteiger partial charge in [0.05, 0.1) is 0 Å². The zero-order chi connectivity index (χ0) is 12.1. The third-order valence-corrected chi connectivity index (χ3v) is 3.00. The van der Waals surface area contributed by atoms with Crippen LogP contribution in [0.15, 0.2) is 35.2 Å². The SMILES string of the molecule is O=[N+]([O-])c1ncccc1NCCc1ccsc1. The Kier molecular flexibility index (Phi) is 3.66. The van der Waals surface area contributed by atoms with Gasteiger partial charge in [0.2, 0.25) is 0 Å². The summed E-state index contributed by atoms with van der Waals surface area (Å²) < 4.78 is 0. The van der Waals surface area contributed by atoms with Gasteiger partial charge in [-0.15, -0.1) is 0 Å². The van der Waals surface area contributed by atoms with Crippen LogP contribution in [-0.4, -0.2) is 16.5 Å². The highest BCUT2D eigenvalue weighted by Gasteiger charge is 2.12. The van der Waals surface area contributed by atoms with Gasteiger partial charge in [-0.05, 0) is 50.9 Å². The molecule has 0 spiro atoms. The predicted octanol–water partition coefficient (Wildman–Crippen LogP) is 2.71. The Bertz CT molecular complexity index is 499. The molecular formula is C11H11N3O2S. The van der Waals surface area contributed by atoms with Crippen LogP contribution in [-0.2, 0) is 6.42 Å². The van der Waals surface area contributed by atoms with Crippen LogP contribution in [0.2, 0.25) is 0 Å². The quantitative estimate of drug-likeness (QED) is 0.653. The molecule has 0 radical (unpaired) electrons. The average Bonchev–Trinajstić information content (AvgIpc) is 2.82. The summed E-state index contributed by atoms with van der Waals surface area (Å²) in [4.78, 5) is 14.0. The standard InChI is InChI=1S/C11H11N3O2S/c15-14(16)11-10(2-1-5-13-11)12-6-3-9-4-7-17-8-9/h1-2,4-5,7-8,12H,3,6H2. The maximum Gasteiger partial charge on any atom is 0.386 e. The Labute approximate surface area is 102 Å². The Morgan fingerprint density at radius 3 is 3.06 bits per heavy atom. The van der Waals surface area contributed by atoms with Crippen molar-refractivity contribution in [2.24, 2.45) is 0 Å². The second-order valence-corrected chi connectivity index (χ2v) is 4.22. The van der Waals surface area contributed by atoms with Crippen LogP contribution in [0.25, 0.3) is 0 Å². The predicted molar refractivity (Wildman–Crippen MR) is 67.4 cm³/mol. The van der Waals surface area contributed by atoms with Gasteiger partial charge in [-0.3, -0.25) is 0 Å². The number of anilines is 1. The fraction of sp³-hybridized carbons (Fsp3) is 0.182. The molecule has 6 heteroatoms. The molecule has 0 aliphatic heterocycles. The number of thiophene rings is 1.